The molecule has 0 aliphatic carbocycles. The highest BCUT2D eigenvalue weighted by Gasteiger charge is 2.59. The van der Waals surface area contributed by atoms with Gasteiger partial charge in [0.05, 0.1) is 0 Å². The van der Waals surface area contributed by atoms with Crippen LogP contribution in [-0.4, -0.2) is 12.8 Å². The molecule has 17 heavy (non-hydrogen) atoms. The summed E-state index contributed by atoms with van der Waals surface area (Å²) < 4.78 is 44.4. The van der Waals surface area contributed by atoms with Crippen LogP contribution in [0.15, 0.2) is 18.2 Å². The van der Waals surface area contributed by atoms with Gasteiger partial charge < -0.3 is 4.74 Å². The molecule has 0 saturated carbocycles. The molecule has 0 N–H and O–H groups in total. The van der Waals surface area contributed by atoms with Gasteiger partial charge in [-0.2, -0.15) is 13.2 Å². The average molecular weight is 285 g/mol. The van der Waals surface area contributed by atoms with E-state index < -0.39 is 11.8 Å². The second kappa shape index (κ2) is 4.34. The van der Waals surface area contributed by atoms with E-state index in [1.807, 2.05) is 0 Å². The third-order valence-corrected chi connectivity index (χ3v) is 3.24. The van der Waals surface area contributed by atoms with Gasteiger partial charge in [-0.05, 0) is 36.6 Å². The molecule has 0 aromatic heterocycles. The van der Waals surface area contributed by atoms with E-state index in [0.717, 1.165) is 0 Å². The maximum Gasteiger partial charge on any atom is 0.421 e. The van der Waals surface area contributed by atoms with Crippen molar-refractivity contribution in [3.63, 3.8) is 0 Å². The van der Waals surface area contributed by atoms with Crippen molar-refractivity contribution in [2.75, 3.05) is 6.61 Å². The largest absolute Gasteiger partial charge is 0.421 e. The van der Waals surface area contributed by atoms with Gasteiger partial charge in [-0.3, -0.25) is 0 Å². The predicted molar refractivity (Wildman–Crippen MR) is 59.4 cm³/mol. The molecular formula is C11H9Cl2F3O. The van der Waals surface area contributed by atoms with Gasteiger partial charge >= 0.3 is 6.18 Å². The van der Waals surface area contributed by atoms with Gasteiger partial charge in [0.15, 0.2) is 5.60 Å². The van der Waals surface area contributed by atoms with Gasteiger partial charge in [0.25, 0.3) is 0 Å². The highest BCUT2D eigenvalue weighted by atomic mass is 35.5. The molecule has 1 nitrogen and oxygen atoms in total. The lowest BCUT2D eigenvalue weighted by atomic mass is 9.90. The standard InChI is InChI=1S/C11H9Cl2F3O/c12-8-4-7(5-9(13)6-8)10(11(14,15)16)2-1-3-17-10/h4-6H,1-3H2. The SMILES string of the molecule is FC(F)(F)C1(c2cc(Cl)cc(Cl)c2)CCCO1. The lowest BCUT2D eigenvalue weighted by Crippen LogP contribution is -2.41. The minimum absolute atomic E-state index is 0.0278. The fourth-order valence-corrected chi connectivity index (χ4v) is 2.57. The molecule has 2 rings (SSSR count). The van der Waals surface area contributed by atoms with E-state index in [0.29, 0.717) is 6.42 Å². The molecule has 0 spiro atoms. The molecule has 1 fully saturated rings. The summed E-state index contributed by atoms with van der Waals surface area (Å²) in [6.07, 6.45) is -4.21. The van der Waals surface area contributed by atoms with Crippen LogP contribution in [0.25, 0.3) is 0 Å². The first-order valence-corrected chi connectivity index (χ1v) is 5.78. The summed E-state index contributed by atoms with van der Waals surface area (Å²) in [5, 5.41) is 0.346. The molecule has 94 valence electrons. The van der Waals surface area contributed by atoms with Gasteiger partial charge in [0.1, 0.15) is 0 Å². The van der Waals surface area contributed by atoms with Crippen molar-refractivity contribution in [1.82, 2.24) is 0 Å². The van der Waals surface area contributed by atoms with Crippen molar-refractivity contribution in [2.24, 2.45) is 0 Å². The van der Waals surface area contributed by atoms with Gasteiger partial charge in [0.2, 0.25) is 0 Å². The molecule has 6 heteroatoms. The highest BCUT2D eigenvalue weighted by Crippen LogP contribution is 2.49. The number of rotatable bonds is 1. The highest BCUT2D eigenvalue weighted by molar-refractivity contribution is 6.34. The van der Waals surface area contributed by atoms with E-state index in [2.05, 4.69) is 0 Å². The third-order valence-electron chi connectivity index (χ3n) is 2.81. The summed E-state index contributed by atoms with van der Waals surface area (Å²) >= 11 is 11.5. The van der Waals surface area contributed by atoms with Crippen LogP contribution in [0.1, 0.15) is 18.4 Å². The van der Waals surface area contributed by atoms with E-state index in [4.69, 9.17) is 27.9 Å². The Hall–Kier alpha value is -0.450. The van der Waals surface area contributed by atoms with Crippen molar-refractivity contribution in [2.45, 2.75) is 24.6 Å². The molecule has 1 atom stereocenters. The summed E-state index contributed by atoms with van der Waals surface area (Å²) in [6.45, 7) is 0.0869. The Bertz CT molecular complexity index is 405. The third kappa shape index (κ3) is 2.26. The summed E-state index contributed by atoms with van der Waals surface area (Å²) in [6, 6.07) is 3.91. The first-order chi connectivity index (χ1) is 7.85. The molecular weight excluding hydrogens is 276 g/mol. The second-order valence-electron chi connectivity index (χ2n) is 3.93. The Balaban J connectivity index is 2.53. The lowest BCUT2D eigenvalue weighted by Gasteiger charge is -2.31. The number of benzene rings is 1. The van der Waals surface area contributed by atoms with Crippen molar-refractivity contribution < 1.29 is 17.9 Å². The summed E-state index contributed by atoms with van der Waals surface area (Å²) in [5.74, 6) is 0. The first-order valence-electron chi connectivity index (χ1n) is 5.02. The lowest BCUT2D eigenvalue weighted by molar-refractivity contribution is -0.269. The van der Waals surface area contributed by atoms with Crippen LogP contribution >= 0.6 is 23.2 Å². The van der Waals surface area contributed by atoms with E-state index in [9.17, 15) is 13.2 Å². The molecule has 1 saturated heterocycles. The fourth-order valence-electron chi connectivity index (χ4n) is 2.04. The molecule has 1 aliphatic heterocycles. The molecule has 1 aromatic rings. The summed E-state index contributed by atoms with van der Waals surface area (Å²) in [5.41, 5.74) is -2.29. The van der Waals surface area contributed by atoms with Crippen LogP contribution in [0.5, 0.6) is 0 Å². The van der Waals surface area contributed by atoms with Crippen molar-refractivity contribution in [1.29, 1.82) is 0 Å². The van der Waals surface area contributed by atoms with E-state index in [1.54, 1.807) is 0 Å². The van der Waals surface area contributed by atoms with Gasteiger partial charge in [0, 0.05) is 16.7 Å². The quantitative estimate of drug-likeness (QED) is 0.735. The molecule has 1 aromatic carbocycles. The molecule has 0 amide bonds. The zero-order valence-corrected chi connectivity index (χ0v) is 10.2. The van der Waals surface area contributed by atoms with Gasteiger partial charge in [-0.25, -0.2) is 0 Å². The Morgan fingerprint density at radius 1 is 1.12 bits per heavy atom. The Kier molecular flexibility index (Phi) is 3.31. The average Bonchev–Trinajstić information content (AvgIpc) is 2.64. The number of hydrogen-bond donors (Lipinski definition) is 0. The van der Waals surface area contributed by atoms with E-state index in [-0.39, 0.29) is 28.6 Å². The first kappa shape index (κ1) is 13.0. The zero-order valence-electron chi connectivity index (χ0n) is 8.65. The van der Waals surface area contributed by atoms with Crippen molar-refractivity contribution in [3.05, 3.63) is 33.8 Å². The van der Waals surface area contributed by atoms with Crippen molar-refractivity contribution >= 4 is 23.2 Å². The Morgan fingerprint density at radius 3 is 2.12 bits per heavy atom. The number of halogens is 5. The molecule has 1 unspecified atom stereocenters. The fraction of sp³-hybridized carbons (Fsp3) is 0.455. The number of alkyl halides is 3. The van der Waals surface area contributed by atoms with E-state index in [1.165, 1.54) is 18.2 Å². The van der Waals surface area contributed by atoms with Crippen LogP contribution < -0.4 is 0 Å². The van der Waals surface area contributed by atoms with Crippen LogP contribution in [0.2, 0.25) is 10.0 Å². The Labute approximate surface area is 106 Å². The zero-order chi connectivity index (χ0) is 12.7. The second-order valence-corrected chi connectivity index (χ2v) is 4.81. The smallest absolute Gasteiger partial charge is 0.361 e. The molecule has 1 heterocycles. The number of hydrogen-bond acceptors (Lipinski definition) is 1. The molecule has 0 radical (unpaired) electrons. The van der Waals surface area contributed by atoms with Crippen LogP contribution in [0, 0.1) is 0 Å². The predicted octanol–water partition coefficient (Wildman–Crippen LogP) is 4.56. The van der Waals surface area contributed by atoms with Crippen LogP contribution in [0.3, 0.4) is 0 Å². The molecule has 1 aliphatic rings. The minimum atomic E-state index is -4.47. The van der Waals surface area contributed by atoms with Crippen molar-refractivity contribution in [3.8, 4) is 0 Å². The Morgan fingerprint density at radius 2 is 1.71 bits per heavy atom. The maximum atomic E-state index is 13.2. The van der Waals surface area contributed by atoms with E-state index >= 15 is 0 Å². The van der Waals surface area contributed by atoms with Crippen LogP contribution in [-0.2, 0) is 10.3 Å². The number of ether oxygens (including phenoxy) is 1. The topological polar surface area (TPSA) is 9.23 Å². The monoisotopic (exact) mass is 284 g/mol. The maximum absolute atomic E-state index is 13.2. The van der Waals surface area contributed by atoms with Gasteiger partial charge in [-0.1, -0.05) is 23.2 Å². The minimum Gasteiger partial charge on any atom is -0.361 e. The van der Waals surface area contributed by atoms with Gasteiger partial charge in [-0.15, -0.1) is 0 Å². The summed E-state index contributed by atoms with van der Waals surface area (Å²) in [7, 11) is 0. The van der Waals surface area contributed by atoms with Crippen LogP contribution in [0.4, 0.5) is 13.2 Å². The normalized spacial score (nSPS) is 25.2. The molecule has 0 bridgehead atoms. The summed E-state index contributed by atoms with van der Waals surface area (Å²) in [4.78, 5) is 0.